The van der Waals surface area contributed by atoms with Crippen molar-refractivity contribution in [2.24, 2.45) is 5.92 Å². The standard InChI is InChI=1S/C14H21F3N4O/c1-4-10-7-20(8-11(10)19(2)3)13(22)9-21-6-5-12(18-21)14(15,16)17/h5-6,10-11H,4,7-9H2,1-3H3. The molecule has 0 bridgehead atoms. The molecule has 8 heteroatoms. The minimum Gasteiger partial charge on any atom is -0.339 e. The molecule has 0 aromatic carbocycles. The van der Waals surface area contributed by atoms with Crippen molar-refractivity contribution in [3.63, 3.8) is 0 Å². The lowest BCUT2D eigenvalue weighted by Crippen LogP contribution is -2.37. The number of nitrogens with zero attached hydrogens (tertiary/aromatic N) is 4. The molecule has 0 N–H and O–H groups in total. The van der Waals surface area contributed by atoms with E-state index in [1.54, 1.807) is 4.90 Å². The molecule has 5 nitrogen and oxygen atoms in total. The van der Waals surface area contributed by atoms with Gasteiger partial charge in [-0.25, -0.2) is 0 Å². The molecule has 0 saturated carbocycles. The molecule has 0 radical (unpaired) electrons. The maximum atomic E-state index is 12.5. The average molecular weight is 318 g/mol. The van der Waals surface area contributed by atoms with Gasteiger partial charge < -0.3 is 9.80 Å². The maximum Gasteiger partial charge on any atom is 0.435 e. The van der Waals surface area contributed by atoms with Crippen molar-refractivity contribution >= 4 is 5.91 Å². The lowest BCUT2D eigenvalue weighted by molar-refractivity contribution is -0.142. The van der Waals surface area contributed by atoms with E-state index in [9.17, 15) is 18.0 Å². The number of alkyl halides is 3. The fraction of sp³-hybridized carbons (Fsp3) is 0.714. The van der Waals surface area contributed by atoms with Crippen LogP contribution in [0.25, 0.3) is 0 Å². The number of hydrogen-bond donors (Lipinski definition) is 0. The number of carbonyl (C=O) groups is 1. The van der Waals surface area contributed by atoms with Crippen molar-refractivity contribution in [2.45, 2.75) is 32.1 Å². The second-order valence-corrected chi connectivity index (χ2v) is 5.89. The van der Waals surface area contributed by atoms with E-state index in [0.717, 1.165) is 17.2 Å². The predicted molar refractivity (Wildman–Crippen MR) is 75.1 cm³/mol. The maximum absolute atomic E-state index is 12.5. The summed E-state index contributed by atoms with van der Waals surface area (Å²) in [6.45, 7) is 3.17. The number of amides is 1. The van der Waals surface area contributed by atoms with Crippen LogP contribution < -0.4 is 0 Å². The Bertz CT molecular complexity index is 526. The van der Waals surface area contributed by atoms with Crippen LogP contribution in [0.15, 0.2) is 12.3 Å². The van der Waals surface area contributed by atoms with Gasteiger partial charge in [0.2, 0.25) is 5.91 Å². The summed E-state index contributed by atoms with van der Waals surface area (Å²) < 4.78 is 38.6. The molecule has 1 fully saturated rings. The molecule has 124 valence electrons. The molecule has 1 aliphatic rings. The molecule has 1 aromatic heterocycles. The van der Waals surface area contributed by atoms with Gasteiger partial charge >= 0.3 is 6.18 Å². The van der Waals surface area contributed by atoms with E-state index in [2.05, 4.69) is 16.9 Å². The molecule has 2 rings (SSSR count). The molecule has 0 spiro atoms. The fourth-order valence-electron chi connectivity index (χ4n) is 2.88. The Kier molecular flexibility index (Phi) is 4.79. The van der Waals surface area contributed by atoms with Crippen molar-refractivity contribution < 1.29 is 18.0 Å². The summed E-state index contributed by atoms with van der Waals surface area (Å²) >= 11 is 0. The topological polar surface area (TPSA) is 41.4 Å². The second-order valence-electron chi connectivity index (χ2n) is 5.89. The van der Waals surface area contributed by atoms with Gasteiger partial charge in [0.1, 0.15) is 6.54 Å². The normalized spacial score (nSPS) is 22.6. The third-order valence-electron chi connectivity index (χ3n) is 4.18. The Morgan fingerprint density at radius 2 is 2.09 bits per heavy atom. The van der Waals surface area contributed by atoms with E-state index in [-0.39, 0.29) is 18.5 Å². The Morgan fingerprint density at radius 3 is 2.55 bits per heavy atom. The first-order valence-electron chi connectivity index (χ1n) is 7.27. The molecule has 22 heavy (non-hydrogen) atoms. The van der Waals surface area contributed by atoms with E-state index in [0.29, 0.717) is 19.0 Å². The summed E-state index contributed by atoms with van der Waals surface area (Å²) in [4.78, 5) is 16.1. The summed E-state index contributed by atoms with van der Waals surface area (Å²) in [6, 6.07) is 1.17. The van der Waals surface area contributed by atoms with E-state index >= 15 is 0 Å². The number of rotatable bonds is 4. The van der Waals surface area contributed by atoms with E-state index in [4.69, 9.17) is 0 Å². The van der Waals surface area contributed by atoms with Crippen LogP contribution in [0.1, 0.15) is 19.0 Å². The monoisotopic (exact) mass is 318 g/mol. The number of likely N-dealkylation sites (tertiary alicyclic amines) is 1. The zero-order valence-electron chi connectivity index (χ0n) is 13.0. The first-order valence-corrected chi connectivity index (χ1v) is 7.27. The van der Waals surface area contributed by atoms with Crippen LogP contribution in [0.4, 0.5) is 13.2 Å². The van der Waals surface area contributed by atoms with Gasteiger partial charge in [0.15, 0.2) is 5.69 Å². The molecular formula is C14H21F3N4O. The van der Waals surface area contributed by atoms with Gasteiger partial charge in [-0.1, -0.05) is 13.3 Å². The van der Waals surface area contributed by atoms with Gasteiger partial charge in [0.05, 0.1) is 0 Å². The quantitative estimate of drug-likeness (QED) is 0.848. The lowest BCUT2D eigenvalue weighted by Gasteiger charge is -2.23. The Labute approximate surface area is 127 Å². The Morgan fingerprint density at radius 1 is 1.41 bits per heavy atom. The zero-order valence-corrected chi connectivity index (χ0v) is 13.0. The van der Waals surface area contributed by atoms with Crippen LogP contribution in [-0.2, 0) is 17.5 Å². The highest BCUT2D eigenvalue weighted by atomic mass is 19.4. The predicted octanol–water partition coefficient (Wildman–Crippen LogP) is 1.70. The van der Waals surface area contributed by atoms with Crippen molar-refractivity contribution in [1.29, 1.82) is 0 Å². The first kappa shape index (κ1) is 16.8. The zero-order chi connectivity index (χ0) is 16.5. The Hall–Kier alpha value is -1.57. The molecule has 1 aromatic rings. The molecule has 1 aliphatic heterocycles. The van der Waals surface area contributed by atoms with Crippen molar-refractivity contribution in [3.8, 4) is 0 Å². The van der Waals surface area contributed by atoms with Crippen molar-refractivity contribution in [3.05, 3.63) is 18.0 Å². The van der Waals surface area contributed by atoms with Gasteiger partial charge in [0.25, 0.3) is 0 Å². The molecule has 1 saturated heterocycles. The van der Waals surface area contributed by atoms with Crippen LogP contribution in [0.3, 0.4) is 0 Å². The Balaban J connectivity index is 2.00. The number of hydrogen-bond acceptors (Lipinski definition) is 3. The molecule has 2 unspecified atom stereocenters. The first-order chi connectivity index (χ1) is 10.2. The molecule has 2 heterocycles. The van der Waals surface area contributed by atoms with E-state index in [1.165, 1.54) is 6.20 Å². The summed E-state index contributed by atoms with van der Waals surface area (Å²) in [5, 5.41) is 3.42. The van der Waals surface area contributed by atoms with E-state index in [1.807, 2.05) is 14.1 Å². The van der Waals surface area contributed by atoms with Gasteiger partial charge in [-0.3, -0.25) is 9.48 Å². The summed E-state index contributed by atoms with van der Waals surface area (Å²) in [5.41, 5.74) is -0.973. The minimum atomic E-state index is -4.48. The van der Waals surface area contributed by atoms with Crippen molar-refractivity contribution in [2.75, 3.05) is 27.2 Å². The van der Waals surface area contributed by atoms with Crippen LogP contribution in [0.5, 0.6) is 0 Å². The van der Waals surface area contributed by atoms with Crippen LogP contribution in [0, 0.1) is 5.92 Å². The SMILES string of the molecule is CCC1CN(C(=O)Cn2ccc(C(F)(F)F)n2)CC1N(C)C. The van der Waals surface area contributed by atoms with Gasteiger partial charge in [-0.2, -0.15) is 18.3 Å². The van der Waals surface area contributed by atoms with Crippen LogP contribution >= 0.6 is 0 Å². The highest BCUT2D eigenvalue weighted by Gasteiger charge is 2.36. The third kappa shape index (κ3) is 3.60. The van der Waals surface area contributed by atoms with Crippen LogP contribution in [-0.4, -0.2) is 58.7 Å². The number of halogens is 3. The largest absolute Gasteiger partial charge is 0.435 e. The van der Waals surface area contributed by atoms with Gasteiger partial charge in [-0.05, 0) is 26.1 Å². The highest BCUT2D eigenvalue weighted by Crippen LogP contribution is 2.27. The van der Waals surface area contributed by atoms with Gasteiger partial charge in [0, 0.05) is 25.3 Å². The molecule has 1 amide bonds. The fourth-order valence-corrected chi connectivity index (χ4v) is 2.88. The summed E-state index contributed by atoms with van der Waals surface area (Å²) in [6.07, 6.45) is -2.32. The minimum absolute atomic E-state index is 0.160. The smallest absolute Gasteiger partial charge is 0.339 e. The van der Waals surface area contributed by atoms with Gasteiger partial charge in [-0.15, -0.1) is 0 Å². The number of likely N-dealkylation sites (N-methyl/N-ethyl adjacent to an activating group) is 1. The highest BCUT2D eigenvalue weighted by molar-refractivity contribution is 5.76. The number of carbonyl (C=O) groups excluding carboxylic acids is 1. The average Bonchev–Trinajstić information content (AvgIpc) is 3.03. The summed E-state index contributed by atoms with van der Waals surface area (Å²) in [7, 11) is 3.95. The molecule has 2 atom stereocenters. The number of aromatic nitrogens is 2. The lowest BCUT2D eigenvalue weighted by atomic mass is 10.0. The van der Waals surface area contributed by atoms with Crippen molar-refractivity contribution in [1.82, 2.24) is 19.6 Å². The third-order valence-corrected chi connectivity index (χ3v) is 4.18. The molecule has 0 aliphatic carbocycles. The van der Waals surface area contributed by atoms with Crippen LogP contribution in [0.2, 0.25) is 0 Å². The molecular weight excluding hydrogens is 297 g/mol. The summed E-state index contributed by atoms with van der Waals surface area (Å²) in [5.74, 6) is 0.196. The second kappa shape index (κ2) is 6.28. The van der Waals surface area contributed by atoms with E-state index < -0.39 is 11.9 Å².